The molecule has 0 saturated carbocycles. The number of nitrogens with zero attached hydrogens (tertiary/aromatic N) is 3. The van der Waals surface area contributed by atoms with Crippen molar-refractivity contribution >= 4 is 16.6 Å². The lowest BCUT2D eigenvalue weighted by Crippen LogP contribution is -2.28. The molecule has 1 atom stereocenters. The van der Waals surface area contributed by atoms with Crippen LogP contribution >= 0.6 is 0 Å². The summed E-state index contributed by atoms with van der Waals surface area (Å²) in [7, 11) is 0. The SMILES string of the molecule is CC(CCCN(CCO)Cc1ncco1)Nc1ccnc2cc(F)ccc12. The van der Waals surface area contributed by atoms with E-state index < -0.39 is 0 Å². The maximum Gasteiger partial charge on any atom is 0.208 e. The zero-order chi connectivity index (χ0) is 19.1. The third kappa shape index (κ3) is 5.48. The van der Waals surface area contributed by atoms with Gasteiger partial charge in [-0.2, -0.15) is 0 Å². The van der Waals surface area contributed by atoms with Crippen molar-refractivity contribution in [3.05, 3.63) is 54.6 Å². The lowest BCUT2D eigenvalue weighted by molar-refractivity contribution is 0.175. The van der Waals surface area contributed by atoms with E-state index in [1.54, 1.807) is 24.7 Å². The minimum Gasteiger partial charge on any atom is -0.448 e. The van der Waals surface area contributed by atoms with Crippen LogP contribution in [0.25, 0.3) is 10.9 Å². The van der Waals surface area contributed by atoms with Gasteiger partial charge in [0, 0.05) is 35.9 Å². The Labute approximate surface area is 158 Å². The molecule has 0 aliphatic carbocycles. The Morgan fingerprint density at radius 2 is 2.11 bits per heavy atom. The number of pyridine rings is 1. The maximum atomic E-state index is 13.4. The van der Waals surface area contributed by atoms with Crippen LogP contribution in [0.2, 0.25) is 0 Å². The predicted molar refractivity (Wildman–Crippen MR) is 103 cm³/mol. The molecule has 0 radical (unpaired) electrons. The monoisotopic (exact) mass is 372 g/mol. The van der Waals surface area contributed by atoms with E-state index >= 15 is 0 Å². The number of halogens is 1. The van der Waals surface area contributed by atoms with Crippen LogP contribution in [-0.2, 0) is 6.54 Å². The van der Waals surface area contributed by atoms with Crippen LogP contribution in [0.4, 0.5) is 10.1 Å². The number of aliphatic hydroxyl groups is 1. The number of rotatable bonds is 10. The highest BCUT2D eigenvalue weighted by molar-refractivity contribution is 5.91. The number of aromatic nitrogens is 2. The number of aliphatic hydroxyl groups excluding tert-OH is 1. The Morgan fingerprint density at radius 3 is 2.89 bits per heavy atom. The molecule has 2 N–H and O–H groups in total. The molecule has 7 heteroatoms. The Morgan fingerprint density at radius 1 is 1.22 bits per heavy atom. The molecule has 1 unspecified atom stereocenters. The molecule has 2 aromatic heterocycles. The summed E-state index contributed by atoms with van der Waals surface area (Å²) in [5.74, 6) is 0.375. The Kier molecular flexibility index (Phi) is 6.73. The van der Waals surface area contributed by atoms with Crippen molar-refractivity contribution < 1.29 is 13.9 Å². The second-order valence-corrected chi connectivity index (χ2v) is 6.63. The lowest BCUT2D eigenvalue weighted by Gasteiger charge is -2.21. The van der Waals surface area contributed by atoms with E-state index in [2.05, 4.69) is 27.1 Å². The van der Waals surface area contributed by atoms with Gasteiger partial charge in [-0.1, -0.05) is 0 Å². The summed E-state index contributed by atoms with van der Waals surface area (Å²) in [6, 6.07) is 6.82. The average Bonchev–Trinajstić information content (AvgIpc) is 3.15. The van der Waals surface area contributed by atoms with Crippen molar-refractivity contribution in [3.8, 4) is 0 Å². The number of hydrogen-bond donors (Lipinski definition) is 2. The normalized spacial score (nSPS) is 12.6. The quantitative estimate of drug-likeness (QED) is 0.568. The highest BCUT2D eigenvalue weighted by Crippen LogP contribution is 2.23. The van der Waals surface area contributed by atoms with Gasteiger partial charge in [0.1, 0.15) is 12.1 Å². The molecule has 27 heavy (non-hydrogen) atoms. The van der Waals surface area contributed by atoms with Crippen LogP contribution in [0, 0.1) is 5.82 Å². The second kappa shape index (κ2) is 9.43. The number of anilines is 1. The van der Waals surface area contributed by atoms with Gasteiger partial charge in [-0.15, -0.1) is 0 Å². The molecule has 0 spiro atoms. The summed E-state index contributed by atoms with van der Waals surface area (Å²) >= 11 is 0. The van der Waals surface area contributed by atoms with Crippen LogP contribution in [0.15, 0.2) is 47.3 Å². The van der Waals surface area contributed by atoms with E-state index in [1.807, 2.05) is 6.07 Å². The third-order valence-corrected chi connectivity index (χ3v) is 4.48. The number of nitrogens with one attached hydrogen (secondary N) is 1. The summed E-state index contributed by atoms with van der Waals surface area (Å²) < 4.78 is 18.7. The zero-order valence-electron chi connectivity index (χ0n) is 15.4. The van der Waals surface area contributed by atoms with Gasteiger partial charge in [0.05, 0.1) is 24.9 Å². The van der Waals surface area contributed by atoms with Gasteiger partial charge in [-0.25, -0.2) is 9.37 Å². The van der Waals surface area contributed by atoms with Crippen molar-refractivity contribution in [2.45, 2.75) is 32.4 Å². The molecule has 1 aromatic carbocycles. The molecule has 0 amide bonds. The first kappa shape index (κ1) is 19.3. The average molecular weight is 372 g/mol. The van der Waals surface area contributed by atoms with Crippen molar-refractivity contribution in [1.29, 1.82) is 0 Å². The number of benzene rings is 1. The highest BCUT2D eigenvalue weighted by atomic mass is 19.1. The molecular weight excluding hydrogens is 347 g/mol. The van der Waals surface area contributed by atoms with Crippen molar-refractivity contribution in [2.24, 2.45) is 0 Å². The number of oxazole rings is 1. The first-order chi connectivity index (χ1) is 13.2. The molecular formula is C20H25FN4O2. The first-order valence-corrected chi connectivity index (χ1v) is 9.18. The van der Waals surface area contributed by atoms with Gasteiger partial charge in [-0.3, -0.25) is 9.88 Å². The Hall–Kier alpha value is -2.51. The number of fused-ring (bicyclic) bond motifs is 1. The van der Waals surface area contributed by atoms with E-state index in [-0.39, 0.29) is 18.5 Å². The number of hydrogen-bond acceptors (Lipinski definition) is 6. The summed E-state index contributed by atoms with van der Waals surface area (Å²) in [5, 5.41) is 13.7. The fraction of sp³-hybridized carbons (Fsp3) is 0.400. The van der Waals surface area contributed by atoms with Crippen molar-refractivity contribution in [1.82, 2.24) is 14.9 Å². The highest BCUT2D eigenvalue weighted by Gasteiger charge is 2.11. The van der Waals surface area contributed by atoms with Crippen LogP contribution in [0.1, 0.15) is 25.7 Å². The van der Waals surface area contributed by atoms with Crippen molar-refractivity contribution in [2.75, 3.05) is 25.0 Å². The summed E-state index contributed by atoms with van der Waals surface area (Å²) in [6.45, 7) is 4.26. The molecule has 3 aromatic rings. The molecule has 0 aliphatic heterocycles. The molecule has 6 nitrogen and oxygen atoms in total. The van der Waals surface area contributed by atoms with Gasteiger partial charge in [0.25, 0.3) is 0 Å². The molecule has 0 aliphatic rings. The van der Waals surface area contributed by atoms with Gasteiger partial charge >= 0.3 is 0 Å². The Balaban J connectivity index is 1.52. The zero-order valence-corrected chi connectivity index (χ0v) is 15.4. The van der Waals surface area contributed by atoms with E-state index in [0.717, 1.165) is 30.5 Å². The predicted octanol–water partition coefficient (Wildman–Crippen LogP) is 3.44. The van der Waals surface area contributed by atoms with Crippen LogP contribution in [-0.4, -0.2) is 45.7 Å². The fourth-order valence-corrected chi connectivity index (χ4v) is 3.14. The smallest absolute Gasteiger partial charge is 0.208 e. The molecule has 0 bridgehead atoms. The molecule has 144 valence electrons. The van der Waals surface area contributed by atoms with E-state index in [1.165, 1.54) is 12.1 Å². The minimum atomic E-state index is -0.282. The Bertz CT molecular complexity index is 841. The molecule has 0 fully saturated rings. The third-order valence-electron chi connectivity index (χ3n) is 4.48. The minimum absolute atomic E-state index is 0.105. The van der Waals surface area contributed by atoms with E-state index in [0.29, 0.717) is 24.5 Å². The summed E-state index contributed by atoms with van der Waals surface area (Å²) in [5.41, 5.74) is 1.60. The lowest BCUT2D eigenvalue weighted by atomic mass is 10.1. The van der Waals surface area contributed by atoms with E-state index in [4.69, 9.17) is 4.42 Å². The largest absolute Gasteiger partial charge is 0.448 e. The van der Waals surface area contributed by atoms with Crippen LogP contribution < -0.4 is 5.32 Å². The van der Waals surface area contributed by atoms with Crippen molar-refractivity contribution in [3.63, 3.8) is 0 Å². The standard InChI is InChI=1S/C20H25FN4O2/c1-15(3-2-9-25(10-11-26)14-20-23-8-12-27-20)24-18-6-7-22-19-13-16(21)4-5-17(18)19/h4-8,12-13,15,26H,2-3,9-11,14H2,1H3,(H,22,24). The second-order valence-electron chi connectivity index (χ2n) is 6.63. The fourth-order valence-electron chi connectivity index (χ4n) is 3.14. The summed E-state index contributed by atoms with van der Waals surface area (Å²) in [4.78, 5) is 10.5. The molecule has 3 rings (SSSR count). The summed E-state index contributed by atoms with van der Waals surface area (Å²) in [6.07, 6.45) is 6.80. The van der Waals surface area contributed by atoms with Gasteiger partial charge in [0.15, 0.2) is 0 Å². The van der Waals surface area contributed by atoms with Gasteiger partial charge < -0.3 is 14.8 Å². The van der Waals surface area contributed by atoms with Gasteiger partial charge in [0.2, 0.25) is 5.89 Å². The van der Waals surface area contributed by atoms with Crippen LogP contribution in [0.5, 0.6) is 0 Å². The van der Waals surface area contributed by atoms with Gasteiger partial charge in [-0.05, 0) is 44.5 Å². The molecule has 0 saturated heterocycles. The topological polar surface area (TPSA) is 74.4 Å². The first-order valence-electron chi connectivity index (χ1n) is 9.18. The van der Waals surface area contributed by atoms with Crippen LogP contribution in [0.3, 0.4) is 0 Å². The maximum absolute atomic E-state index is 13.4. The molecule has 2 heterocycles. The van der Waals surface area contributed by atoms with E-state index in [9.17, 15) is 9.50 Å².